The maximum absolute atomic E-state index is 12.8. The fourth-order valence-corrected chi connectivity index (χ4v) is 2.00. The Labute approximate surface area is 103 Å². The number of β-amino-alcohol motifs (C(OH)–C–C–N with tert-alkyl or cyclic N) is 1. The number of aromatic nitrogens is 2. The quantitative estimate of drug-likeness (QED) is 0.838. The standard InChI is InChI=1S/C12H12FN3O2/c13-8-3-1-7(2-4-8)11-15-12(18-16-11)10-5-9(17)6-14-10/h1-4,9-10,14,17H,5-6H2/t9-,10-/m0/s1. The summed E-state index contributed by atoms with van der Waals surface area (Å²) in [5.41, 5.74) is 0.699. The van der Waals surface area contributed by atoms with Crippen LogP contribution in [-0.2, 0) is 0 Å². The van der Waals surface area contributed by atoms with Gasteiger partial charge in [-0.1, -0.05) is 5.16 Å². The molecular weight excluding hydrogens is 237 g/mol. The van der Waals surface area contributed by atoms with Crippen LogP contribution in [0.4, 0.5) is 4.39 Å². The minimum atomic E-state index is -0.379. The molecule has 2 atom stereocenters. The molecule has 94 valence electrons. The molecule has 5 nitrogen and oxygen atoms in total. The largest absolute Gasteiger partial charge is 0.392 e. The average molecular weight is 249 g/mol. The van der Waals surface area contributed by atoms with E-state index in [1.54, 1.807) is 12.1 Å². The first kappa shape index (κ1) is 11.3. The molecule has 2 heterocycles. The van der Waals surface area contributed by atoms with Crippen molar-refractivity contribution in [1.82, 2.24) is 15.5 Å². The summed E-state index contributed by atoms with van der Waals surface area (Å²) in [6.07, 6.45) is 0.182. The summed E-state index contributed by atoms with van der Waals surface area (Å²) in [6.45, 7) is 0.527. The van der Waals surface area contributed by atoms with E-state index in [4.69, 9.17) is 4.52 Å². The van der Waals surface area contributed by atoms with Crippen molar-refractivity contribution in [2.75, 3.05) is 6.54 Å². The lowest BCUT2D eigenvalue weighted by molar-refractivity contribution is 0.191. The summed E-state index contributed by atoms with van der Waals surface area (Å²) in [5.74, 6) is 0.571. The molecule has 3 rings (SSSR count). The summed E-state index contributed by atoms with van der Waals surface area (Å²) < 4.78 is 17.9. The maximum Gasteiger partial charge on any atom is 0.244 e. The molecular formula is C12H12FN3O2. The van der Waals surface area contributed by atoms with E-state index in [9.17, 15) is 9.50 Å². The van der Waals surface area contributed by atoms with Crippen molar-refractivity contribution in [1.29, 1.82) is 0 Å². The van der Waals surface area contributed by atoms with Crippen molar-refractivity contribution in [2.24, 2.45) is 0 Å². The topological polar surface area (TPSA) is 71.2 Å². The molecule has 1 aromatic heterocycles. The van der Waals surface area contributed by atoms with Gasteiger partial charge in [0.05, 0.1) is 12.1 Å². The van der Waals surface area contributed by atoms with Crippen molar-refractivity contribution in [3.8, 4) is 11.4 Å². The summed E-state index contributed by atoms with van der Waals surface area (Å²) >= 11 is 0. The van der Waals surface area contributed by atoms with E-state index < -0.39 is 0 Å². The van der Waals surface area contributed by atoms with Crippen LogP contribution in [0.3, 0.4) is 0 Å². The van der Waals surface area contributed by atoms with E-state index in [2.05, 4.69) is 15.5 Å². The molecule has 6 heteroatoms. The van der Waals surface area contributed by atoms with Crippen LogP contribution in [0, 0.1) is 5.82 Å². The highest BCUT2D eigenvalue weighted by molar-refractivity contribution is 5.53. The zero-order chi connectivity index (χ0) is 12.5. The van der Waals surface area contributed by atoms with E-state index in [0.29, 0.717) is 30.2 Å². The highest BCUT2D eigenvalue weighted by Gasteiger charge is 2.28. The van der Waals surface area contributed by atoms with Crippen LogP contribution in [0.1, 0.15) is 18.4 Å². The number of halogens is 1. The smallest absolute Gasteiger partial charge is 0.244 e. The molecule has 0 radical (unpaired) electrons. The van der Waals surface area contributed by atoms with Crippen molar-refractivity contribution < 1.29 is 14.0 Å². The Bertz CT molecular complexity index is 541. The highest BCUT2D eigenvalue weighted by atomic mass is 19.1. The van der Waals surface area contributed by atoms with Gasteiger partial charge in [-0.05, 0) is 30.7 Å². The number of nitrogens with zero attached hydrogens (tertiary/aromatic N) is 2. The lowest BCUT2D eigenvalue weighted by Crippen LogP contribution is -2.15. The Hall–Kier alpha value is -1.79. The van der Waals surface area contributed by atoms with Gasteiger partial charge in [0, 0.05) is 12.1 Å². The molecule has 1 aliphatic heterocycles. The number of benzene rings is 1. The van der Waals surface area contributed by atoms with E-state index in [1.165, 1.54) is 12.1 Å². The second-order valence-electron chi connectivity index (χ2n) is 4.31. The minimum Gasteiger partial charge on any atom is -0.392 e. The van der Waals surface area contributed by atoms with Gasteiger partial charge in [0.1, 0.15) is 5.82 Å². The highest BCUT2D eigenvalue weighted by Crippen LogP contribution is 2.24. The third kappa shape index (κ3) is 2.12. The predicted octanol–water partition coefficient (Wildman–Crippen LogP) is 1.27. The first-order valence-corrected chi connectivity index (χ1v) is 5.73. The summed E-state index contributed by atoms with van der Waals surface area (Å²) in [4.78, 5) is 4.25. The molecule has 0 spiro atoms. The van der Waals surface area contributed by atoms with E-state index in [0.717, 1.165) is 0 Å². The Kier molecular flexibility index (Phi) is 2.81. The number of hydrogen-bond donors (Lipinski definition) is 2. The van der Waals surface area contributed by atoms with Crippen LogP contribution < -0.4 is 5.32 Å². The fourth-order valence-electron chi connectivity index (χ4n) is 2.00. The minimum absolute atomic E-state index is 0.110. The van der Waals surface area contributed by atoms with Gasteiger partial charge in [0.15, 0.2) is 0 Å². The molecule has 1 saturated heterocycles. The van der Waals surface area contributed by atoms with Crippen LogP contribution in [0.2, 0.25) is 0 Å². The Morgan fingerprint density at radius 1 is 1.33 bits per heavy atom. The summed E-state index contributed by atoms with van der Waals surface area (Å²) in [7, 11) is 0. The number of aliphatic hydroxyl groups excluding tert-OH is 1. The lowest BCUT2D eigenvalue weighted by atomic mass is 10.2. The number of aliphatic hydroxyl groups is 1. The van der Waals surface area contributed by atoms with Crippen LogP contribution in [-0.4, -0.2) is 27.9 Å². The van der Waals surface area contributed by atoms with Gasteiger partial charge in [-0.15, -0.1) is 0 Å². The molecule has 0 saturated carbocycles. The number of hydrogen-bond acceptors (Lipinski definition) is 5. The zero-order valence-electron chi connectivity index (χ0n) is 9.51. The molecule has 1 aliphatic rings. The Morgan fingerprint density at radius 3 is 2.78 bits per heavy atom. The van der Waals surface area contributed by atoms with Crippen LogP contribution in [0.15, 0.2) is 28.8 Å². The zero-order valence-corrected chi connectivity index (χ0v) is 9.51. The van der Waals surface area contributed by atoms with E-state index in [-0.39, 0.29) is 18.0 Å². The monoisotopic (exact) mass is 249 g/mol. The first-order valence-electron chi connectivity index (χ1n) is 5.73. The van der Waals surface area contributed by atoms with Crippen molar-refractivity contribution >= 4 is 0 Å². The van der Waals surface area contributed by atoms with Gasteiger partial charge in [-0.25, -0.2) is 4.39 Å². The van der Waals surface area contributed by atoms with Crippen molar-refractivity contribution in [3.63, 3.8) is 0 Å². The Balaban J connectivity index is 1.83. The normalized spacial score (nSPS) is 23.4. The lowest BCUT2D eigenvalue weighted by Gasteiger charge is -2.01. The molecule has 1 fully saturated rings. The molecule has 0 unspecified atom stereocenters. The van der Waals surface area contributed by atoms with Gasteiger partial charge < -0.3 is 14.9 Å². The van der Waals surface area contributed by atoms with Gasteiger partial charge in [0.25, 0.3) is 0 Å². The number of nitrogens with one attached hydrogen (secondary N) is 1. The van der Waals surface area contributed by atoms with Gasteiger partial charge in [0.2, 0.25) is 11.7 Å². The second-order valence-corrected chi connectivity index (χ2v) is 4.31. The van der Waals surface area contributed by atoms with Crippen molar-refractivity contribution in [3.05, 3.63) is 36.0 Å². The molecule has 2 aromatic rings. The molecule has 2 N–H and O–H groups in total. The third-order valence-corrected chi connectivity index (χ3v) is 2.95. The molecule has 18 heavy (non-hydrogen) atoms. The van der Waals surface area contributed by atoms with Crippen LogP contribution in [0.5, 0.6) is 0 Å². The maximum atomic E-state index is 12.8. The molecule has 0 amide bonds. The van der Waals surface area contributed by atoms with E-state index in [1.807, 2.05) is 0 Å². The van der Waals surface area contributed by atoms with Crippen LogP contribution >= 0.6 is 0 Å². The van der Waals surface area contributed by atoms with Crippen LogP contribution in [0.25, 0.3) is 11.4 Å². The molecule has 1 aromatic carbocycles. The first-order chi connectivity index (χ1) is 8.72. The molecule has 0 aliphatic carbocycles. The SMILES string of the molecule is O[C@@H]1CN[C@H](c2nc(-c3ccc(F)cc3)no2)C1. The number of rotatable bonds is 2. The van der Waals surface area contributed by atoms with Gasteiger partial charge in [-0.2, -0.15) is 4.98 Å². The predicted molar refractivity (Wildman–Crippen MR) is 61.1 cm³/mol. The van der Waals surface area contributed by atoms with E-state index >= 15 is 0 Å². The van der Waals surface area contributed by atoms with Gasteiger partial charge >= 0.3 is 0 Å². The summed E-state index contributed by atoms with van der Waals surface area (Å²) in [5, 5.41) is 16.4. The summed E-state index contributed by atoms with van der Waals surface area (Å²) in [6, 6.07) is 5.79. The Morgan fingerprint density at radius 2 is 2.11 bits per heavy atom. The fraction of sp³-hybridized carbons (Fsp3) is 0.333. The van der Waals surface area contributed by atoms with Crippen molar-refractivity contribution in [2.45, 2.75) is 18.6 Å². The van der Waals surface area contributed by atoms with Gasteiger partial charge in [-0.3, -0.25) is 0 Å². The second kappa shape index (κ2) is 4.47. The average Bonchev–Trinajstić information content (AvgIpc) is 2.98. The molecule has 0 bridgehead atoms. The third-order valence-electron chi connectivity index (χ3n) is 2.95.